The lowest BCUT2D eigenvalue weighted by atomic mass is 9.92. The van der Waals surface area contributed by atoms with Crippen LogP contribution in [0.2, 0.25) is 0 Å². The maximum Gasteiger partial charge on any atom is 0.305 e. The molecule has 0 N–H and O–H groups in total. The minimum atomic E-state index is -0.143. The lowest BCUT2D eigenvalue weighted by Crippen LogP contribution is -2.00. The second kappa shape index (κ2) is 6.56. The number of hydrogen-bond acceptors (Lipinski definition) is 2. The number of esters is 1. The van der Waals surface area contributed by atoms with Crippen LogP contribution < -0.4 is 0 Å². The smallest absolute Gasteiger partial charge is 0.305 e. The van der Waals surface area contributed by atoms with Gasteiger partial charge in [0, 0.05) is 6.42 Å². The monoisotopic (exact) mass is 328 g/mol. The van der Waals surface area contributed by atoms with Gasteiger partial charge in [-0.05, 0) is 50.7 Å². The van der Waals surface area contributed by atoms with Crippen molar-refractivity contribution in [2.45, 2.75) is 19.3 Å². The SMILES string of the molecule is COC(=O)CCCc1cc2ccc3ccccc3c2c2ccccc12. The molecule has 4 aromatic rings. The molecule has 124 valence electrons. The Morgan fingerprint density at radius 2 is 1.52 bits per heavy atom. The van der Waals surface area contributed by atoms with Crippen LogP contribution in [0.4, 0.5) is 0 Å². The molecule has 0 bridgehead atoms. The van der Waals surface area contributed by atoms with E-state index in [1.165, 1.54) is 45.0 Å². The van der Waals surface area contributed by atoms with Crippen LogP contribution in [-0.2, 0) is 16.0 Å². The molecule has 0 heterocycles. The lowest BCUT2D eigenvalue weighted by molar-refractivity contribution is -0.140. The average Bonchev–Trinajstić information content (AvgIpc) is 2.67. The summed E-state index contributed by atoms with van der Waals surface area (Å²) in [5.74, 6) is -0.143. The van der Waals surface area contributed by atoms with E-state index in [9.17, 15) is 4.79 Å². The molecule has 0 saturated heterocycles. The third kappa shape index (κ3) is 2.85. The van der Waals surface area contributed by atoms with Gasteiger partial charge in [-0.3, -0.25) is 4.79 Å². The highest BCUT2D eigenvalue weighted by Crippen LogP contribution is 2.34. The Morgan fingerprint density at radius 1 is 0.840 bits per heavy atom. The average molecular weight is 328 g/mol. The van der Waals surface area contributed by atoms with Crippen molar-refractivity contribution in [3.8, 4) is 0 Å². The van der Waals surface area contributed by atoms with Crippen LogP contribution in [0, 0.1) is 0 Å². The zero-order valence-corrected chi connectivity index (χ0v) is 14.3. The number of hydrogen-bond donors (Lipinski definition) is 0. The molecule has 0 aliphatic rings. The number of rotatable bonds is 4. The van der Waals surface area contributed by atoms with Crippen molar-refractivity contribution in [3.05, 3.63) is 72.3 Å². The molecule has 0 fully saturated rings. The quantitative estimate of drug-likeness (QED) is 0.358. The first-order chi connectivity index (χ1) is 12.3. The predicted octanol–water partition coefficient (Wildman–Crippen LogP) is 5.64. The Kier molecular flexibility index (Phi) is 4.10. The van der Waals surface area contributed by atoms with Crippen molar-refractivity contribution in [3.63, 3.8) is 0 Å². The predicted molar refractivity (Wildman–Crippen MR) is 104 cm³/mol. The third-order valence-electron chi connectivity index (χ3n) is 4.89. The Morgan fingerprint density at radius 3 is 2.32 bits per heavy atom. The number of fused-ring (bicyclic) bond motifs is 5. The Hall–Kier alpha value is -2.87. The van der Waals surface area contributed by atoms with E-state index in [0.29, 0.717) is 6.42 Å². The van der Waals surface area contributed by atoms with Gasteiger partial charge in [0.05, 0.1) is 7.11 Å². The van der Waals surface area contributed by atoms with E-state index < -0.39 is 0 Å². The summed E-state index contributed by atoms with van der Waals surface area (Å²) in [6.07, 6.45) is 2.13. The summed E-state index contributed by atoms with van der Waals surface area (Å²) >= 11 is 0. The zero-order chi connectivity index (χ0) is 17.2. The molecule has 2 heteroatoms. The summed E-state index contributed by atoms with van der Waals surface area (Å²) < 4.78 is 4.76. The van der Waals surface area contributed by atoms with Gasteiger partial charge in [-0.1, -0.05) is 66.7 Å². The normalized spacial score (nSPS) is 11.2. The van der Waals surface area contributed by atoms with Crippen LogP contribution in [0.5, 0.6) is 0 Å². The van der Waals surface area contributed by atoms with Crippen molar-refractivity contribution < 1.29 is 9.53 Å². The van der Waals surface area contributed by atoms with Crippen LogP contribution in [0.25, 0.3) is 32.3 Å². The molecule has 4 rings (SSSR count). The van der Waals surface area contributed by atoms with Gasteiger partial charge in [0.15, 0.2) is 0 Å². The molecule has 0 saturated carbocycles. The highest BCUT2D eigenvalue weighted by molar-refractivity contribution is 6.20. The first-order valence-corrected chi connectivity index (χ1v) is 8.67. The Balaban J connectivity index is 1.90. The molecule has 4 aromatic carbocycles. The van der Waals surface area contributed by atoms with E-state index in [-0.39, 0.29) is 5.97 Å². The van der Waals surface area contributed by atoms with E-state index >= 15 is 0 Å². The van der Waals surface area contributed by atoms with Crippen molar-refractivity contribution in [1.29, 1.82) is 0 Å². The fraction of sp³-hybridized carbons (Fsp3) is 0.174. The molecule has 0 aliphatic heterocycles. The molecule has 0 radical (unpaired) electrons. The summed E-state index contributed by atoms with van der Waals surface area (Å²) in [5.41, 5.74) is 1.29. The fourth-order valence-corrected chi connectivity index (χ4v) is 3.69. The van der Waals surface area contributed by atoms with Crippen LogP contribution in [0.1, 0.15) is 18.4 Å². The molecular weight excluding hydrogens is 308 g/mol. The molecule has 0 atom stereocenters. The van der Waals surface area contributed by atoms with Crippen LogP contribution >= 0.6 is 0 Å². The first-order valence-electron chi connectivity index (χ1n) is 8.67. The molecule has 0 amide bonds. The van der Waals surface area contributed by atoms with Gasteiger partial charge in [-0.2, -0.15) is 0 Å². The highest BCUT2D eigenvalue weighted by atomic mass is 16.5. The standard InChI is InChI=1S/C23H20O2/c1-25-22(24)12-6-8-17-15-18-14-13-16-7-2-3-10-20(16)23(18)21-11-5-4-9-19(17)21/h2-5,7,9-11,13-15H,6,8,12H2,1H3. The van der Waals surface area contributed by atoms with Crippen LogP contribution in [0.3, 0.4) is 0 Å². The second-order valence-corrected chi connectivity index (χ2v) is 6.40. The summed E-state index contributed by atoms with van der Waals surface area (Å²) in [5, 5.41) is 7.67. The number of aryl methyl sites for hydroxylation is 1. The van der Waals surface area contributed by atoms with Crippen molar-refractivity contribution in [1.82, 2.24) is 0 Å². The maximum atomic E-state index is 11.4. The minimum Gasteiger partial charge on any atom is -0.469 e. The number of methoxy groups -OCH3 is 1. The topological polar surface area (TPSA) is 26.3 Å². The van der Waals surface area contributed by atoms with Gasteiger partial charge < -0.3 is 4.74 Å². The van der Waals surface area contributed by atoms with E-state index in [4.69, 9.17) is 4.74 Å². The van der Waals surface area contributed by atoms with Gasteiger partial charge in [0.1, 0.15) is 0 Å². The zero-order valence-electron chi connectivity index (χ0n) is 14.3. The molecule has 25 heavy (non-hydrogen) atoms. The molecule has 0 spiro atoms. The molecule has 0 aromatic heterocycles. The van der Waals surface area contributed by atoms with E-state index in [1.54, 1.807) is 0 Å². The number of carbonyl (C=O) groups excluding carboxylic acids is 1. The van der Waals surface area contributed by atoms with Crippen LogP contribution in [-0.4, -0.2) is 13.1 Å². The Labute approximate surface area is 147 Å². The maximum absolute atomic E-state index is 11.4. The van der Waals surface area contributed by atoms with Gasteiger partial charge in [-0.25, -0.2) is 0 Å². The highest BCUT2D eigenvalue weighted by Gasteiger charge is 2.10. The van der Waals surface area contributed by atoms with Crippen molar-refractivity contribution in [2.24, 2.45) is 0 Å². The Bertz CT molecular complexity index is 1080. The van der Waals surface area contributed by atoms with Gasteiger partial charge >= 0.3 is 5.97 Å². The molecule has 0 unspecified atom stereocenters. The lowest BCUT2D eigenvalue weighted by Gasteiger charge is -2.12. The van der Waals surface area contributed by atoms with E-state index in [1.807, 2.05) is 0 Å². The van der Waals surface area contributed by atoms with Gasteiger partial charge in [0.2, 0.25) is 0 Å². The van der Waals surface area contributed by atoms with Crippen molar-refractivity contribution in [2.75, 3.05) is 7.11 Å². The summed E-state index contributed by atoms with van der Waals surface area (Å²) in [6.45, 7) is 0. The van der Waals surface area contributed by atoms with Gasteiger partial charge in [0.25, 0.3) is 0 Å². The van der Waals surface area contributed by atoms with E-state index in [2.05, 4.69) is 66.7 Å². The third-order valence-corrected chi connectivity index (χ3v) is 4.89. The number of benzene rings is 4. The molecular formula is C23H20O2. The van der Waals surface area contributed by atoms with Crippen molar-refractivity contribution >= 4 is 38.3 Å². The number of carbonyl (C=O) groups is 1. The largest absolute Gasteiger partial charge is 0.469 e. The molecule has 2 nitrogen and oxygen atoms in total. The summed E-state index contributed by atoms with van der Waals surface area (Å²) in [4.78, 5) is 11.4. The first kappa shape index (κ1) is 15.6. The summed E-state index contributed by atoms with van der Waals surface area (Å²) in [7, 11) is 1.44. The molecule has 0 aliphatic carbocycles. The summed E-state index contributed by atoms with van der Waals surface area (Å²) in [6, 6.07) is 23.8. The van der Waals surface area contributed by atoms with Crippen LogP contribution in [0.15, 0.2) is 66.7 Å². The van der Waals surface area contributed by atoms with E-state index in [0.717, 1.165) is 12.8 Å². The minimum absolute atomic E-state index is 0.143. The number of ether oxygens (including phenoxy) is 1. The second-order valence-electron chi connectivity index (χ2n) is 6.40. The fourth-order valence-electron chi connectivity index (χ4n) is 3.69. The van der Waals surface area contributed by atoms with Gasteiger partial charge in [-0.15, -0.1) is 0 Å².